The van der Waals surface area contributed by atoms with Crippen molar-refractivity contribution in [3.63, 3.8) is 0 Å². The van der Waals surface area contributed by atoms with E-state index in [2.05, 4.69) is 0 Å². The lowest BCUT2D eigenvalue weighted by Crippen LogP contribution is -2.13. The molecule has 0 rings (SSSR count). The van der Waals surface area contributed by atoms with Crippen molar-refractivity contribution >= 4 is 23.1 Å². The Labute approximate surface area is 136 Å². The molecule has 0 aromatic rings. The number of hydrogen-bond donors (Lipinski definition) is 0. The molecule has 0 N–H and O–H groups in total. The van der Waals surface area contributed by atoms with Crippen LogP contribution in [0.3, 0.4) is 0 Å². The summed E-state index contributed by atoms with van der Waals surface area (Å²) in [6.07, 6.45) is 0.395. The predicted octanol–water partition coefficient (Wildman–Crippen LogP) is 0.913. The van der Waals surface area contributed by atoms with E-state index in [-0.39, 0.29) is 62.0 Å². The third-order valence-corrected chi connectivity index (χ3v) is 2.69. The van der Waals surface area contributed by atoms with Crippen molar-refractivity contribution in [1.29, 1.82) is 0 Å². The maximum Gasteiger partial charge on any atom is 0.142 e. The zero-order valence-electron chi connectivity index (χ0n) is 13.9. The number of rotatable bonds is 16. The highest BCUT2D eigenvalue weighted by Crippen LogP contribution is 1.94. The number of hydrogen-bond acceptors (Lipinski definition) is 7. The third kappa shape index (κ3) is 16.8. The minimum Gasteiger partial charge on any atom is -0.379 e. The van der Waals surface area contributed by atoms with Crippen molar-refractivity contribution in [3.05, 3.63) is 0 Å². The summed E-state index contributed by atoms with van der Waals surface area (Å²) in [5.74, 6) is -0.514. The highest BCUT2D eigenvalue weighted by Gasteiger charge is 2.05. The van der Waals surface area contributed by atoms with E-state index in [0.717, 1.165) is 0 Å². The lowest BCUT2D eigenvalue weighted by molar-refractivity contribution is -0.128. The van der Waals surface area contributed by atoms with E-state index in [9.17, 15) is 19.2 Å². The Kier molecular flexibility index (Phi) is 13.3. The number of ether oxygens (including phenoxy) is 3. The number of carbonyl (C=O) groups is 4. The van der Waals surface area contributed by atoms with Crippen LogP contribution in [0.1, 0.15) is 39.5 Å². The molecule has 0 atom stereocenters. The molecule has 0 unspecified atom stereocenters. The summed E-state index contributed by atoms with van der Waals surface area (Å²) in [6.45, 7) is 4.83. The minimum absolute atomic E-state index is 0.0356. The zero-order valence-corrected chi connectivity index (χ0v) is 13.9. The molecular formula is C16H26O7. The van der Waals surface area contributed by atoms with Gasteiger partial charge in [-0.3, -0.25) is 19.2 Å². The average Bonchev–Trinajstić information content (AvgIpc) is 2.43. The van der Waals surface area contributed by atoms with Gasteiger partial charge in [-0.1, -0.05) is 0 Å². The molecular weight excluding hydrogens is 304 g/mol. The van der Waals surface area contributed by atoms with Gasteiger partial charge in [0.1, 0.15) is 23.1 Å². The monoisotopic (exact) mass is 330 g/mol. The summed E-state index contributed by atoms with van der Waals surface area (Å²) in [7, 11) is 0. The summed E-state index contributed by atoms with van der Waals surface area (Å²) in [4.78, 5) is 43.8. The van der Waals surface area contributed by atoms with E-state index in [1.54, 1.807) is 0 Å². The smallest absolute Gasteiger partial charge is 0.142 e. The van der Waals surface area contributed by atoms with Gasteiger partial charge in [0.2, 0.25) is 0 Å². The van der Waals surface area contributed by atoms with Gasteiger partial charge in [-0.2, -0.15) is 0 Å². The Balaban J connectivity index is 3.25. The molecule has 0 aromatic heterocycles. The molecule has 0 aliphatic carbocycles. The summed E-state index contributed by atoms with van der Waals surface area (Å²) < 4.78 is 15.7. The highest BCUT2D eigenvalue weighted by atomic mass is 16.5. The fourth-order valence-corrected chi connectivity index (χ4v) is 1.65. The van der Waals surface area contributed by atoms with Gasteiger partial charge in [0, 0.05) is 12.8 Å². The van der Waals surface area contributed by atoms with Crippen LogP contribution >= 0.6 is 0 Å². The summed E-state index contributed by atoms with van der Waals surface area (Å²) in [6, 6.07) is 0. The van der Waals surface area contributed by atoms with Crippen molar-refractivity contribution in [3.8, 4) is 0 Å². The zero-order chi connectivity index (χ0) is 17.5. The molecule has 0 fully saturated rings. The van der Waals surface area contributed by atoms with Crippen LogP contribution in [0.15, 0.2) is 0 Å². The molecule has 0 aliphatic heterocycles. The Morgan fingerprint density at radius 3 is 1.17 bits per heavy atom. The molecule has 0 amide bonds. The molecule has 23 heavy (non-hydrogen) atoms. The number of carbonyl (C=O) groups excluding carboxylic acids is 4. The summed E-state index contributed by atoms with van der Waals surface area (Å²) in [5.41, 5.74) is 0. The van der Waals surface area contributed by atoms with E-state index in [4.69, 9.17) is 14.2 Å². The van der Waals surface area contributed by atoms with E-state index < -0.39 is 0 Å². The maximum absolute atomic E-state index is 11.2. The first-order valence-electron chi connectivity index (χ1n) is 7.67. The van der Waals surface area contributed by atoms with Crippen LogP contribution in [0.2, 0.25) is 0 Å². The van der Waals surface area contributed by atoms with Crippen molar-refractivity contribution in [2.24, 2.45) is 0 Å². The van der Waals surface area contributed by atoms with E-state index in [1.807, 2.05) is 0 Å². The molecule has 7 heteroatoms. The molecule has 7 nitrogen and oxygen atoms in total. The second-order valence-electron chi connectivity index (χ2n) is 5.17. The van der Waals surface area contributed by atoms with Gasteiger partial charge >= 0.3 is 0 Å². The lowest BCUT2D eigenvalue weighted by Gasteiger charge is -2.06. The van der Waals surface area contributed by atoms with Crippen molar-refractivity contribution in [2.45, 2.75) is 39.5 Å². The number of ketones is 4. The van der Waals surface area contributed by atoms with Crippen molar-refractivity contribution in [2.75, 3.05) is 39.6 Å². The summed E-state index contributed by atoms with van der Waals surface area (Å²) in [5, 5.41) is 0. The van der Waals surface area contributed by atoms with Crippen molar-refractivity contribution < 1.29 is 33.4 Å². The van der Waals surface area contributed by atoms with Crippen LogP contribution in [-0.4, -0.2) is 62.8 Å². The number of Topliss-reactive ketones (excluding diaryl/α,β-unsaturated/α-hetero) is 4. The molecule has 0 bridgehead atoms. The van der Waals surface area contributed by atoms with E-state index >= 15 is 0 Å². The maximum atomic E-state index is 11.2. The molecule has 132 valence electrons. The highest BCUT2D eigenvalue weighted by molar-refractivity contribution is 5.98. The first-order chi connectivity index (χ1) is 10.9. The molecule has 0 saturated heterocycles. The minimum atomic E-state index is -0.138. The standard InChI is InChI=1S/C16H26O7/c1-13(17)11-15(19)3-5-21-7-9-23-10-8-22-6-4-16(20)12-14(2)18/h3-12H2,1-2H3. The van der Waals surface area contributed by atoms with Gasteiger partial charge in [-0.15, -0.1) is 0 Å². The molecule has 0 radical (unpaired) electrons. The second kappa shape index (κ2) is 14.2. The second-order valence-corrected chi connectivity index (χ2v) is 5.17. The molecule has 0 heterocycles. The van der Waals surface area contributed by atoms with Gasteiger partial charge in [-0.25, -0.2) is 0 Å². The Morgan fingerprint density at radius 2 is 0.870 bits per heavy atom. The quantitative estimate of drug-likeness (QED) is 0.306. The Hall–Kier alpha value is -1.44. The van der Waals surface area contributed by atoms with Gasteiger partial charge in [-0.05, 0) is 13.8 Å². The van der Waals surface area contributed by atoms with Crippen LogP contribution in [0.4, 0.5) is 0 Å². The molecule has 0 spiro atoms. The van der Waals surface area contributed by atoms with Crippen molar-refractivity contribution in [1.82, 2.24) is 0 Å². The van der Waals surface area contributed by atoms with Gasteiger partial charge < -0.3 is 14.2 Å². The predicted molar refractivity (Wildman–Crippen MR) is 82.3 cm³/mol. The van der Waals surface area contributed by atoms with Crippen LogP contribution in [0.5, 0.6) is 0 Å². The Bertz CT molecular complexity index is 354. The first-order valence-corrected chi connectivity index (χ1v) is 7.67. The lowest BCUT2D eigenvalue weighted by atomic mass is 10.2. The van der Waals surface area contributed by atoms with E-state index in [1.165, 1.54) is 13.8 Å². The first kappa shape index (κ1) is 21.6. The van der Waals surface area contributed by atoms with Crippen LogP contribution in [-0.2, 0) is 33.4 Å². The molecule has 0 aromatic carbocycles. The summed E-state index contributed by atoms with van der Waals surface area (Å²) >= 11 is 0. The van der Waals surface area contributed by atoms with Gasteiger partial charge in [0.25, 0.3) is 0 Å². The van der Waals surface area contributed by atoms with Gasteiger partial charge in [0.15, 0.2) is 0 Å². The van der Waals surface area contributed by atoms with Crippen LogP contribution in [0, 0.1) is 0 Å². The molecule has 0 aliphatic rings. The normalized spacial score (nSPS) is 10.5. The average molecular weight is 330 g/mol. The van der Waals surface area contributed by atoms with Crippen LogP contribution < -0.4 is 0 Å². The fraction of sp³-hybridized carbons (Fsp3) is 0.750. The largest absolute Gasteiger partial charge is 0.379 e. The Morgan fingerprint density at radius 1 is 0.565 bits per heavy atom. The molecule has 0 saturated carbocycles. The van der Waals surface area contributed by atoms with Gasteiger partial charge in [0.05, 0.1) is 52.5 Å². The SMILES string of the molecule is CC(=O)CC(=O)CCOCCOCCOCCC(=O)CC(C)=O. The third-order valence-electron chi connectivity index (χ3n) is 2.69. The fourth-order valence-electron chi connectivity index (χ4n) is 1.65. The van der Waals surface area contributed by atoms with Crippen LogP contribution in [0.25, 0.3) is 0 Å². The van der Waals surface area contributed by atoms with E-state index in [0.29, 0.717) is 26.4 Å². The topological polar surface area (TPSA) is 96.0 Å².